The molecule has 4 rings (SSSR count). The predicted octanol–water partition coefficient (Wildman–Crippen LogP) is 2.09. The average Bonchev–Trinajstić information content (AvgIpc) is 3.26. The summed E-state index contributed by atoms with van der Waals surface area (Å²) in [5.41, 5.74) is 1.04. The highest BCUT2D eigenvalue weighted by atomic mass is 35.5. The van der Waals surface area contributed by atoms with Gasteiger partial charge in [-0.1, -0.05) is 41.9 Å². The van der Waals surface area contributed by atoms with Crippen molar-refractivity contribution >= 4 is 28.5 Å². The fourth-order valence-electron chi connectivity index (χ4n) is 2.90. The van der Waals surface area contributed by atoms with Crippen LogP contribution in [0.2, 0.25) is 5.02 Å². The Morgan fingerprint density at radius 1 is 1.21 bits per heavy atom. The fourth-order valence-corrected chi connectivity index (χ4v) is 3.07. The topological polar surface area (TPSA) is 116 Å². The van der Waals surface area contributed by atoms with Crippen LogP contribution in [0.15, 0.2) is 59.7 Å². The van der Waals surface area contributed by atoms with Gasteiger partial charge in [-0.15, -0.1) is 5.10 Å². The van der Waals surface area contributed by atoms with Crippen molar-refractivity contribution < 1.29 is 9.53 Å². The molecule has 0 saturated heterocycles. The molecule has 0 aliphatic heterocycles. The van der Waals surface area contributed by atoms with Gasteiger partial charge >= 0.3 is 5.97 Å². The third-order valence-electron chi connectivity index (χ3n) is 4.30. The summed E-state index contributed by atoms with van der Waals surface area (Å²) in [6, 6.07) is 13.5. The number of fused-ring (bicyclic) bond motifs is 1. The summed E-state index contributed by atoms with van der Waals surface area (Å²) in [4.78, 5) is 31.9. The zero-order valence-electron chi connectivity index (χ0n) is 15.0. The first-order chi connectivity index (χ1) is 14.1. The lowest BCUT2D eigenvalue weighted by molar-refractivity contribution is -0.149. The molecule has 4 aromatic rings. The summed E-state index contributed by atoms with van der Waals surface area (Å²) < 4.78 is 6.74. The molecule has 1 N–H and O–H groups in total. The summed E-state index contributed by atoms with van der Waals surface area (Å²) >= 11 is 5.91. The summed E-state index contributed by atoms with van der Waals surface area (Å²) in [6.07, 6.45) is 1.71. The molecule has 9 nitrogen and oxygen atoms in total. The van der Waals surface area contributed by atoms with E-state index in [9.17, 15) is 9.59 Å². The van der Waals surface area contributed by atoms with Gasteiger partial charge in [0.2, 0.25) is 0 Å². The van der Waals surface area contributed by atoms with E-state index in [1.54, 1.807) is 12.1 Å². The number of nitrogens with zero attached hydrogens (tertiary/aromatic N) is 5. The second-order valence-corrected chi connectivity index (χ2v) is 6.71. The quantitative estimate of drug-likeness (QED) is 0.484. The molecule has 0 unspecified atom stereocenters. The number of rotatable bonds is 6. The molecular weight excluding hydrogens is 396 g/mol. The van der Waals surface area contributed by atoms with Gasteiger partial charge in [-0.05, 0) is 34.2 Å². The monoisotopic (exact) mass is 410 g/mol. The molecule has 0 fully saturated rings. The normalized spacial score (nSPS) is 12.0. The molecule has 0 spiro atoms. The van der Waals surface area contributed by atoms with E-state index in [2.05, 4.69) is 25.5 Å². The maximum absolute atomic E-state index is 12.7. The van der Waals surface area contributed by atoms with Crippen LogP contribution >= 0.6 is 11.6 Å². The van der Waals surface area contributed by atoms with Gasteiger partial charge in [-0.25, -0.2) is 14.5 Å². The van der Waals surface area contributed by atoms with E-state index in [0.29, 0.717) is 22.3 Å². The lowest BCUT2D eigenvalue weighted by atomic mass is 10.1. The van der Waals surface area contributed by atoms with Gasteiger partial charge in [-0.2, -0.15) is 0 Å². The van der Waals surface area contributed by atoms with Gasteiger partial charge in [0.25, 0.3) is 5.56 Å². The Bertz CT molecular complexity index is 1190. The smallest absolute Gasteiger partial charge is 0.331 e. The van der Waals surface area contributed by atoms with Crippen LogP contribution < -0.4 is 5.56 Å². The van der Waals surface area contributed by atoms with Crippen LogP contribution in [0.5, 0.6) is 0 Å². The molecule has 146 valence electrons. The molecule has 0 bridgehead atoms. The number of tetrazole rings is 1. The zero-order valence-corrected chi connectivity index (χ0v) is 15.8. The first kappa shape index (κ1) is 18.8. The number of hydrogen-bond acceptors (Lipinski definition) is 7. The van der Waals surface area contributed by atoms with Crippen molar-refractivity contribution in [1.29, 1.82) is 0 Å². The summed E-state index contributed by atoms with van der Waals surface area (Å²) in [7, 11) is 0. The average molecular weight is 411 g/mol. The molecule has 2 heterocycles. The molecule has 0 saturated carbocycles. The molecule has 29 heavy (non-hydrogen) atoms. The number of nitrogens with one attached hydrogen (secondary N) is 1. The third kappa shape index (κ3) is 4.30. The van der Waals surface area contributed by atoms with Gasteiger partial charge in [0, 0.05) is 11.4 Å². The van der Waals surface area contributed by atoms with Crippen LogP contribution in [0.25, 0.3) is 10.9 Å². The van der Waals surface area contributed by atoms with E-state index in [-0.39, 0.29) is 18.0 Å². The second kappa shape index (κ2) is 8.19. The largest absolute Gasteiger partial charge is 0.456 e. The van der Waals surface area contributed by atoms with Crippen molar-refractivity contribution in [1.82, 2.24) is 30.2 Å². The standard InChI is InChI=1S/C19H15ClN6O3/c20-13-6-7-15-14(9-13)18(27)23-17(22-15)10-29-19(28)16(26-11-21-24-25-26)8-12-4-2-1-3-5-12/h1-7,9,11,16H,8,10H2,(H,22,23,27)/t16-/m1/s1. The Morgan fingerprint density at radius 2 is 2.03 bits per heavy atom. The van der Waals surface area contributed by atoms with Crippen molar-refractivity contribution in [3.8, 4) is 0 Å². The number of aromatic amines is 1. The van der Waals surface area contributed by atoms with Crippen molar-refractivity contribution in [2.24, 2.45) is 0 Å². The Balaban J connectivity index is 1.53. The molecular formula is C19H15ClN6O3. The highest BCUT2D eigenvalue weighted by Crippen LogP contribution is 2.17. The minimum absolute atomic E-state index is 0.194. The highest BCUT2D eigenvalue weighted by Gasteiger charge is 2.24. The predicted molar refractivity (Wildman–Crippen MR) is 104 cm³/mol. The van der Waals surface area contributed by atoms with E-state index in [4.69, 9.17) is 16.3 Å². The number of carbonyl (C=O) groups is 1. The Kier molecular flexibility index (Phi) is 5.30. The number of ether oxygens (including phenoxy) is 1. The van der Waals surface area contributed by atoms with Crippen molar-refractivity contribution in [2.75, 3.05) is 0 Å². The van der Waals surface area contributed by atoms with Crippen molar-refractivity contribution in [3.63, 3.8) is 0 Å². The van der Waals surface area contributed by atoms with E-state index < -0.39 is 12.0 Å². The molecule has 2 aromatic carbocycles. The third-order valence-corrected chi connectivity index (χ3v) is 4.53. The van der Waals surface area contributed by atoms with Crippen LogP contribution in [0, 0.1) is 0 Å². The number of esters is 1. The lowest BCUT2D eigenvalue weighted by Crippen LogP contribution is -2.25. The molecule has 1 atom stereocenters. The van der Waals surface area contributed by atoms with Gasteiger partial charge < -0.3 is 9.72 Å². The second-order valence-electron chi connectivity index (χ2n) is 6.28. The van der Waals surface area contributed by atoms with Crippen molar-refractivity contribution in [2.45, 2.75) is 19.1 Å². The lowest BCUT2D eigenvalue weighted by Gasteiger charge is -2.15. The van der Waals surface area contributed by atoms with Crippen LogP contribution in [-0.4, -0.2) is 36.1 Å². The fraction of sp³-hybridized carbons (Fsp3) is 0.158. The van der Waals surface area contributed by atoms with E-state index in [1.807, 2.05) is 30.3 Å². The minimum Gasteiger partial charge on any atom is -0.456 e. The van der Waals surface area contributed by atoms with Crippen molar-refractivity contribution in [3.05, 3.63) is 81.6 Å². The van der Waals surface area contributed by atoms with Crippen LogP contribution in [-0.2, 0) is 22.6 Å². The number of H-pyrrole nitrogens is 1. The summed E-state index contributed by atoms with van der Waals surface area (Å²) in [5, 5.41) is 11.8. The minimum atomic E-state index is -0.751. The number of halogens is 1. The number of aromatic nitrogens is 6. The van der Waals surface area contributed by atoms with Gasteiger partial charge in [0.1, 0.15) is 18.8 Å². The maximum atomic E-state index is 12.7. The number of carbonyl (C=O) groups excluding carboxylic acids is 1. The van der Waals surface area contributed by atoms with Crippen LogP contribution in [0.4, 0.5) is 0 Å². The van der Waals surface area contributed by atoms with E-state index >= 15 is 0 Å². The zero-order chi connectivity index (χ0) is 20.2. The van der Waals surface area contributed by atoms with E-state index in [0.717, 1.165) is 5.56 Å². The Hall–Kier alpha value is -3.59. The first-order valence-electron chi connectivity index (χ1n) is 8.71. The maximum Gasteiger partial charge on any atom is 0.331 e. The number of benzene rings is 2. The molecule has 2 aromatic heterocycles. The van der Waals surface area contributed by atoms with Crippen LogP contribution in [0.3, 0.4) is 0 Å². The molecule has 0 aliphatic carbocycles. The summed E-state index contributed by atoms with van der Waals surface area (Å²) in [6.45, 7) is -0.194. The summed E-state index contributed by atoms with van der Waals surface area (Å²) in [5.74, 6) is -0.312. The van der Waals surface area contributed by atoms with Gasteiger partial charge in [0.15, 0.2) is 6.04 Å². The first-order valence-corrected chi connectivity index (χ1v) is 9.09. The molecule has 0 radical (unpaired) electrons. The van der Waals surface area contributed by atoms with E-state index in [1.165, 1.54) is 17.1 Å². The highest BCUT2D eigenvalue weighted by molar-refractivity contribution is 6.31. The Labute approximate surface area is 169 Å². The van der Waals surface area contributed by atoms with Gasteiger partial charge in [-0.3, -0.25) is 4.79 Å². The molecule has 10 heteroatoms. The SMILES string of the molecule is O=C(OCc1nc2ccc(Cl)cc2c(=O)[nH]1)[C@@H](Cc1ccccc1)n1cnnn1. The van der Waals surface area contributed by atoms with Crippen LogP contribution in [0.1, 0.15) is 17.4 Å². The Morgan fingerprint density at radius 3 is 2.79 bits per heavy atom. The molecule has 0 amide bonds. The molecule has 0 aliphatic rings. The van der Waals surface area contributed by atoms with Gasteiger partial charge in [0.05, 0.1) is 10.9 Å². The number of hydrogen-bond donors (Lipinski definition) is 1.